The highest BCUT2D eigenvalue weighted by atomic mass is 32.1. The molecule has 3 heteroatoms. The Kier molecular flexibility index (Phi) is 3.39. The number of nitrogens with one attached hydrogen (secondary N) is 1. The van der Waals surface area contributed by atoms with Crippen LogP contribution >= 0.6 is 23.6 Å². The summed E-state index contributed by atoms with van der Waals surface area (Å²) in [5, 5.41) is 0. The van der Waals surface area contributed by atoms with E-state index in [1.54, 1.807) is 11.3 Å². The van der Waals surface area contributed by atoms with Crippen LogP contribution in [0.25, 0.3) is 0 Å². The van der Waals surface area contributed by atoms with Crippen LogP contribution in [0.2, 0.25) is 0 Å². The van der Waals surface area contributed by atoms with Gasteiger partial charge in [0.25, 0.3) is 0 Å². The number of rotatable bonds is 2. The van der Waals surface area contributed by atoms with Gasteiger partial charge in [0, 0.05) is 16.5 Å². The summed E-state index contributed by atoms with van der Waals surface area (Å²) in [5.74, 6) is 0.770. The molecule has 1 fully saturated rings. The molecule has 1 aliphatic rings. The zero-order valence-corrected chi connectivity index (χ0v) is 10.3. The van der Waals surface area contributed by atoms with Crippen LogP contribution in [-0.4, -0.2) is 4.98 Å². The van der Waals surface area contributed by atoms with Crippen LogP contribution in [0, 0.1) is 3.95 Å². The van der Waals surface area contributed by atoms with Crippen LogP contribution in [0.3, 0.4) is 0 Å². The largest absolute Gasteiger partial charge is 0.340 e. The summed E-state index contributed by atoms with van der Waals surface area (Å²) in [5.41, 5.74) is 1.46. The average molecular weight is 227 g/mol. The fourth-order valence-corrected chi connectivity index (χ4v) is 3.62. The van der Waals surface area contributed by atoms with E-state index in [0.717, 1.165) is 16.3 Å². The molecule has 0 aliphatic heterocycles. The summed E-state index contributed by atoms with van der Waals surface area (Å²) in [6, 6.07) is 0. The predicted octanol–water partition coefficient (Wildman–Crippen LogP) is 4.42. The number of aromatic nitrogens is 1. The van der Waals surface area contributed by atoms with Crippen molar-refractivity contribution in [2.45, 2.75) is 51.4 Å². The van der Waals surface area contributed by atoms with E-state index in [9.17, 15) is 0 Å². The van der Waals surface area contributed by atoms with Gasteiger partial charge in [-0.15, -0.1) is 11.3 Å². The van der Waals surface area contributed by atoms with Crippen molar-refractivity contribution in [3.8, 4) is 0 Å². The Morgan fingerprint density at radius 3 is 2.71 bits per heavy atom. The summed E-state index contributed by atoms with van der Waals surface area (Å²) in [4.78, 5) is 4.89. The number of hydrogen-bond acceptors (Lipinski definition) is 2. The summed E-state index contributed by atoms with van der Waals surface area (Å²) < 4.78 is 0.961. The highest BCUT2D eigenvalue weighted by molar-refractivity contribution is 7.73. The highest BCUT2D eigenvalue weighted by Gasteiger charge is 2.19. The normalized spacial score (nSPS) is 18.6. The third-order valence-electron chi connectivity index (χ3n) is 3.09. The first-order valence-electron chi connectivity index (χ1n) is 5.53. The van der Waals surface area contributed by atoms with Gasteiger partial charge in [0.05, 0.1) is 0 Å². The maximum atomic E-state index is 5.22. The third-order valence-corrected chi connectivity index (χ3v) is 4.48. The second-order valence-electron chi connectivity index (χ2n) is 4.04. The molecule has 0 atom stereocenters. The topological polar surface area (TPSA) is 15.8 Å². The van der Waals surface area contributed by atoms with Crippen molar-refractivity contribution < 1.29 is 0 Å². The number of thiazole rings is 1. The van der Waals surface area contributed by atoms with Gasteiger partial charge in [-0.25, -0.2) is 0 Å². The monoisotopic (exact) mass is 227 g/mol. The van der Waals surface area contributed by atoms with E-state index in [0.29, 0.717) is 0 Å². The Labute approximate surface area is 94.6 Å². The van der Waals surface area contributed by atoms with Gasteiger partial charge in [-0.1, -0.05) is 26.2 Å². The van der Waals surface area contributed by atoms with Gasteiger partial charge in [-0.05, 0) is 31.5 Å². The standard InChI is InChI=1S/C11H17NS2/c1-2-9-10(12-11(13)14-9)8-6-4-3-5-7-8/h8H,2-7H2,1H3,(H,12,13). The molecule has 0 aromatic carbocycles. The molecular formula is C11H17NS2. The molecule has 78 valence electrons. The minimum Gasteiger partial charge on any atom is -0.340 e. The van der Waals surface area contributed by atoms with E-state index in [2.05, 4.69) is 11.9 Å². The number of aromatic amines is 1. The second-order valence-corrected chi connectivity index (χ2v) is 5.81. The Hall–Kier alpha value is -0.150. The average Bonchev–Trinajstić information content (AvgIpc) is 2.61. The number of aryl methyl sites for hydroxylation is 1. The molecule has 0 bridgehead atoms. The van der Waals surface area contributed by atoms with E-state index >= 15 is 0 Å². The van der Waals surface area contributed by atoms with Gasteiger partial charge in [-0.3, -0.25) is 0 Å². The van der Waals surface area contributed by atoms with E-state index in [1.807, 2.05) is 0 Å². The van der Waals surface area contributed by atoms with Crippen molar-refractivity contribution in [1.29, 1.82) is 0 Å². The van der Waals surface area contributed by atoms with E-state index < -0.39 is 0 Å². The van der Waals surface area contributed by atoms with Gasteiger partial charge < -0.3 is 4.98 Å². The Bertz CT molecular complexity index is 344. The molecule has 1 aromatic heterocycles. The lowest BCUT2D eigenvalue weighted by Gasteiger charge is -2.21. The van der Waals surface area contributed by atoms with Crippen molar-refractivity contribution in [3.63, 3.8) is 0 Å². The lowest BCUT2D eigenvalue weighted by atomic mass is 9.86. The van der Waals surface area contributed by atoms with E-state index in [-0.39, 0.29) is 0 Å². The van der Waals surface area contributed by atoms with Gasteiger partial charge in [0.2, 0.25) is 0 Å². The maximum absolute atomic E-state index is 5.22. The van der Waals surface area contributed by atoms with Gasteiger partial charge in [0.1, 0.15) is 0 Å². The van der Waals surface area contributed by atoms with Crippen LogP contribution in [0.5, 0.6) is 0 Å². The third kappa shape index (κ3) is 2.09. The first-order chi connectivity index (χ1) is 6.81. The molecular weight excluding hydrogens is 210 g/mol. The van der Waals surface area contributed by atoms with Crippen LogP contribution in [0.4, 0.5) is 0 Å². The lowest BCUT2D eigenvalue weighted by Crippen LogP contribution is -2.06. The lowest BCUT2D eigenvalue weighted by molar-refractivity contribution is 0.436. The molecule has 1 heterocycles. The molecule has 0 spiro atoms. The fourth-order valence-electron chi connectivity index (χ4n) is 2.36. The number of hydrogen-bond donors (Lipinski definition) is 1. The SMILES string of the molecule is CCc1sc(=S)[nH]c1C1CCCCC1. The number of H-pyrrole nitrogens is 1. The van der Waals surface area contributed by atoms with Gasteiger partial charge in [0.15, 0.2) is 3.95 Å². The molecule has 1 aliphatic carbocycles. The molecule has 14 heavy (non-hydrogen) atoms. The van der Waals surface area contributed by atoms with Crippen molar-refractivity contribution in [1.82, 2.24) is 4.98 Å². The zero-order valence-electron chi connectivity index (χ0n) is 8.64. The molecule has 0 saturated heterocycles. The summed E-state index contributed by atoms with van der Waals surface area (Å²) in [7, 11) is 0. The van der Waals surface area contributed by atoms with Crippen LogP contribution in [0.15, 0.2) is 0 Å². The summed E-state index contributed by atoms with van der Waals surface area (Å²) >= 11 is 6.99. The first-order valence-corrected chi connectivity index (χ1v) is 6.75. The molecule has 0 unspecified atom stereocenters. The second kappa shape index (κ2) is 4.58. The molecule has 1 aromatic rings. The first kappa shape index (κ1) is 10.4. The Balaban J connectivity index is 2.24. The summed E-state index contributed by atoms with van der Waals surface area (Å²) in [6.07, 6.45) is 8.05. The van der Waals surface area contributed by atoms with Crippen LogP contribution < -0.4 is 0 Å². The Morgan fingerprint density at radius 2 is 2.07 bits per heavy atom. The fraction of sp³-hybridized carbons (Fsp3) is 0.727. The van der Waals surface area contributed by atoms with Crippen molar-refractivity contribution in [2.75, 3.05) is 0 Å². The minimum absolute atomic E-state index is 0.770. The van der Waals surface area contributed by atoms with E-state index in [4.69, 9.17) is 12.2 Å². The zero-order chi connectivity index (χ0) is 9.97. The van der Waals surface area contributed by atoms with E-state index in [1.165, 1.54) is 42.7 Å². The molecule has 1 N–H and O–H groups in total. The van der Waals surface area contributed by atoms with Crippen molar-refractivity contribution in [3.05, 3.63) is 14.5 Å². The molecule has 0 radical (unpaired) electrons. The quantitative estimate of drug-likeness (QED) is 0.740. The van der Waals surface area contributed by atoms with Gasteiger partial charge in [-0.2, -0.15) is 0 Å². The summed E-state index contributed by atoms with van der Waals surface area (Å²) in [6.45, 7) is 2.22. The highest BCUT2D eigenvalue weighted by Crippen LogP contribution is 2.35. The molecule has 1 nitrogen and oxygen atoms in total. The van der Waals surface area contributed by atoms with Crippen LogP contribution in [-0.2, 0) is 6.42 Å². The van der Waals surface area contributed by atoms with Crippen LogP contribution in [0.1, 0.15) is 55.5 Å². The van der Waals surface area contributed by atoms with Crippen molar-refractivity contribution >= 4 is 23.6 Å². The smallest absolute Gasteiger partial charge is 0.158 e. The maximum Gasteiger partial charge on any atom is 0.158 e. The minimum atomic E-state index is 0.770. The van der Waals surface area contributed by atoms with Gasteiger partial charge >= 0.3 is 0 Å². The molecule has 2 rings (SSSR count). The molecule has 0 amide bonds. The van der Waals surface area contributed by atoms with Crippen molar-refractivity contribution in [2.24, 2.45) is 0 Å². The predicted molar refractivity (Wildman–Crippen MR) is 64.7 cm³/mol. The molecule has 1 saturated carbocycles. The Morgan fingerprint density at radius 1 is 1.36 bits per heavy atom.